The first-order chi connectivity index (χ1) is 12.4. The Morgan fingerprint density at radius 2 is 1.77 bits per heavy atom. The summed E-state index contributed by atoms with van der Waals surface area (Å²) < 4.78 is 0. The zero-order chi connectivity index (χ0) is 18.7. The van der Waals surface area contributed by atoms with E-state index in [9.17, 15) is 4.79 Å². The van der Waals surface area contributed by atoms with Gasteiger partial charge in [0.1, 0.15) is 5.69 Å². The molecule has 2 aromatic carbocycles. The summed E-state index contributed by atoms with van der Waals surface area (Å²) >= 11 is 6.00. The quantitative estimate of drug-likeness (QED) is 0.722. The molecule has 1 heterocycles. The van der Waals surface area contributed by atoms with Crippen LogP contribution in [0.5, 0.6) is 0 Å². The number of anilines is 3. The van der Waals surface area contributed by atoms with E-state index in [4.69, 9.17) is 11.6 Å². The van der Waals surface area contributed by atoms with Crippen molar-refractivity contribution in [2.45, 2.75) is 13.8 Å². The van der Waals surface area contributed by atoms with E-state index in [0.717, 1.165) is 16.9 Å². The molecule has 0 atom stereocenters. The summed E-state index contributed by atoms with van der Waals surface area (Å²) in [5.41, 5.74) is 3.65. The van der Waals surface area contributed by atoms with Crippen LogP contribution in [0.15, 0.2) is 54.6 Å². The van der Waals surface area contributed by atoms with Crippen LogP contribution in [0.1, 0.15) is 21.7 Å². The van der Waals surface area contributed by atoms with Crippen molar-refractivity contribution in [1.29, 1.82) is 0 Å². The van der Waals surface area contributed by atoms with Crippen molar-refractivity contribution in [2.75, 3.05) is 17.3 Å². The standard InChI is InChI=1S/C20H19ClN4O/c1-13-11-15(21)9-10-17(13)23-20-22-14(2)12-18(24-20)19(26)25(3)16-7-5-4-6-8-16/h4-12H,1-3H3,(H,22,23,24). The second-order valence-electron chi connectivity index (χ2n) is 6.00. The van der Waals surface area contributed by atoms with Crippen LogP contribution in [0.25, 0.3) is 0 Å². The molecular weight excluding hydrogens is 348 g/mol. The number of para-hydroxylation sites is 1. The number of aromatic nitrogens is 2. The molecule has 0 fully saturated rings. The lowest BCUT2D eigenvalue weighted by Gasteiger charge is -2.17. The number of hydrogen-bond donors (Lipinski definition) is 1. The van der Waals surface area contributed by atoms with Gasteiger partial charge in [-0.25, -0.2) is 9.97 Å². The Labute approximate surface area is 157 Å². The van der Waals surface area contributed by atoms with E-state index < -0.39 is 0 Å². The molecule has 1 amide bonds. The largest absolute Gasteiger partial charge is 0.324 e. The molecule has 0 aliphatic rings. The van der Waals surface area contributed by atoms with E-state index in [0.29, 0.717) is 22.4 Å². The Morgan fingerprint density at radius 1 is 1.04 bits per heavy atom. The molecule has 0 bridgehead atoms. The molecule has 3 aromatic rings. The van der Waals surface area contributed by atoms with Gasteiger partial charge >= 0.3 is 0 Å². The van der Waals surface area contributed by atoms with Gasteiger partial charge in [-0.1, -0.05) is 29.8 Å². The lowest BCUT2D eigenvalue weighted by atomic mass is 10.2. The molecule has 3 rings (SSSR count). The fraction of sp³-hybridized carbons (Fsp3) is 0.150. The maximum atomic E-state index is 12.8. The lowest BCUT2D eigenvalue weighted by molar-refractivity contribution is 0.0988. The number of carbonyl (C=O) groups is 1. The molecule has 6 heteroatoms. The zero-order valence-electron chi connectivity index (χ0n) is 14.8. The van der Waals surface area contributed by atoms with E-state index in [1.165, 1.54) is 0 Å². The summed E-state index contributed by atoms with van der Waals surface area (Å²) in [5, 5.41) is 3.83. The first-order valence-corrected chi connectivity index (χ1v) is 8.54. The van der Waals surface area contributed by atoms with Gasteiger partial charge in [-0.2, -0.15) is 0 Å². The maximum Gasteiger partial charge on any atom is 0.276 e. The average Bonchev–Trinajstić information content (AvgIpc) is 2.63. The Hall–Kier alpha value is -2.92. The van der Waals surface area contributed by atoms with Gasteiger partial charge in [0, 0.05) is 29.1 Å². The van der Waals surface area contributed by atoms with Crippen LogP contribution in [-0.2, 0) is 0 Å². The Balaban J connectivity index is 1.89. The van der Waals surface area contributed by atoms with Gasteiger partial charge in [-0.3, -0.25) is 4.79 Å². The van der Waals surface area contributed by atoms with Gasteiger partial charge in [-0.05, 0) is 55.8 Å². The molecule has 26 heavy (non-hydrogen) atoms. The first kappa shape index (κ1) is 17.9. The predicted molar refractivity (Wildman–Crippen MR) is 105 cm³/mol. The molecule has 0 unspecified atom stereocenters. The highest BCUT2D eigenvalue weighted by molar-refractivity contribution is 6.30. The summed E-state index contributed by atoms with van der Waals surface area (Å²) in [6.07, 6.45) is 0. The van der Waals surface area contributed by atoms with Crippen LogP contribution in [-0.4, -0.2) is 22.9 Å². The molecule has 0 saturated heterocycles. The van der Waals surface area contributed by atoms with Gasteiger partial charge < -0.3 is 10.2 Å². The van der Waals surface area contributed by atoms with Crippen molar-refractivity contribution >= 4 is 34.8 Å². The van der Waals surface area contributed by atoms with Crippen LogP contribution in [0.4, 0.5) is 17.3 Å². The number of hydrogen-bond acceptors (Lipinski definition) is 4. The van der Waals surface area contributed by atoms with Crippen molar-refractivity contribution in [3.8, 4) is 0 Å². The van der Waals surface area contributed by atoms with Crippen molar-refractivity contribution in [1.82, 2.24) is 9.97 Å². The van der Waals surface area contributed by atoms with Gasteiger partial charge in [0.25, 0.3) is 5.91 Å². The summed E-state index contributed by atoms with van der Waals surface area (Å²) in [6, 6.07) is 16.6. The SMILES string of the molecule is Cc1cc(C(=O)N(C)c2ccccc2)nc(Nc2ccc(Cl)cc2C)n1. The summed E-state index contributed by atoms with van der Waals surface area (Å²) in [6.45, 7) is 3.78. The van der Waals surface area contributed by atoms with Crippen molar-refractivity contribution in [2.24, 2.45) is 0 Å². The molecular formula is C20H19ClN4O. The maximum absolute atomic E-state index is 12.8. The molecule has 0 spiro atoms. The van der Waals surface area contributed by atoms with Crippen molar-refractivity contribution in [3.63, 3.8) is 0 Å². The number of amides is 1. The minimum atomic E-state index is -0.197. The van der Waals surface area contributed by atoms with Crippen molar-refractivity contribution < 1.29 is 4.79 Å². The molecule has 132 valence electrons. The minimum absolute atomic E-state index is 0.197. The van der Waals surface area contributed by atoms with Crippen LogP contribution in [0.2, 0.25) is 5.02 Å². The van der Waals surface area contributed by atoms with E-state index in [1.807, 2.05) is 56.3 Å². The first-order valence-electron chi connectivity index (χ1n) is 8.16. The number of carbonyl (C=O) groups excluding carboxylic acids is 1. The van der Waals surface area contributed by atoms with Crippen LogP contribution >= 0.6 is 11.6 Å². The van der Waals surface area contributed by atoms with Gasteiger partial charge in [-0.15, -0.1) is 0 Å². The van der Waals surface area contributed by atoms with E-state index in [2.05, 4.69) is 15.3 Å². The van der Waals surface area contributed by atoms with Crippen LogP contribution in [0.3, 0.4) is 0 Å². The Morgan fingerprint density at radius 3 is 2.46 bits per heavy atom. The van der Waals surface area contributed by atoms with Crippen LogP contribution in [0, 0.1) is 13.8 Å². The third-order valence-corrected chi connectivity index (χ3v) is 4.19. The number of halogens is 1. The normalized spacial score (nSPS) is 10.5. The molecule has 1 aromatic heterocycles. The van der Waals surface area contributed by atoms with Gasteiger partial charge in [0.2, 0.25) is 5.95 Å². The molecule has 0 saturated carbocycles. The number of benzene rings is 2. The summed E-state index contributed by atoms with van der Waals surface area (Å²) in [4.78, 5) is 23.1. The summed E-state index contributed by atoms with van der Waals surface area (Å²) in [7, 11) is 1.73. The smallest absolute Gasteiger partial charge is 0.276 e. The molecule has 5 nitrogen and oxygen atoms in total. The lowest BCUT2D eigenvalue weighted by Crippen LogP contribution is -2.27. The second-order valence-corrected chi connectivity index (χ2v) is 6.44. The average molecular weight is 367 g/mol. The summed E-state index contributed by atoms with van der Waals surface area (Å²) in [5.74, 6) is 0.179. The highest BCUT2D eigenvalue weighted by atomic mass is 35.5. The fourth-order valence-corrected chi connectivity index (χ4v) is 2.79. The predicted octanol–water partition coefficient (Wildman–Crippen LogP) is 4.77. The highest BCUT2D eigenvalue weighted by Crippen LogP contribution is 2.23. The molecule has 1 N–H and O–H groups in total. The van der Waals surface area contributed by atoms with E-state index >= 15 is 0 Å². The van der Waals surface area contributed by atoms with Gasteiger partial charge in [0.05, 0.1) is 0 Å². The number of nitrogens with zero attached hydrogens (tertiary/aromatic N) is 3. The molecule has 0 radical (unpaired) electrons. The zero-order valence-corrected chi connectivity index (χ0v) is 15.6. The van der Waals surface area contributed by atoms with Gasteiger partial charge in [0.15, 0.2) is 0 Å². The second kappa shape index (κ2) is 7.54. The fourth-order valence-electron chi connectivity index (χ4n) is 2.56. The number of nitrogens with one attached hydrogen (secondary N) is 1. The van der Waals surface area contributed by atoms with E-state index in [1.54, 1.807) is 24.1 Å². The van der Waals surface area contributed by atoms with E-state index in [-0.39, 0.29) is 5.91 Å². The number of rotatable bonds is 4. The highest BCUT2D eigenvalue weighted by Gasteiger charge is 2.17. The van der Waals surface area contributed by atoms with Crippen LogP contribution < -0.4 is 10.2 Å². The monoisotopic (exact) mass is 366 g/mol. The topological polar surface area (TPSA) is 58.1 Å². The molecule has 0 aliphatic heterocycles. The number of aryl methyl sites for hydroxylation is 2. The Bertz CT molecular complexity index is 944. The third kappa shape index (κ3) is 4.00. The van der Waals surface area contributed by atoms with Crippen molar-refractivity contribution in [3.05, 3.63) is 76.6 Å². The molecule has 0 aliphatic carbocycles. The Kier molecular flexibility index (Phi) is 5.19. The minimum Gasteiger partial charge on any atom is -0.324 e. The third-order valence-electron chi connectivity index (χ3n) is 3.96.